The molecule has 1 saturated heterocycles. The summed E-state index contributed by atoms with van der Waals surface area (Å²) in [5, 5.41) is 10.6. The molecule has 3 aromatic heterocycles. The Morgan fingerprint density at radius 3 is 2.74 bits per heavy atom. The highest BCUT2D eigenvalue weighted by Crippen LogP contribution is 2.25. The molecule has 0 atom stereocenters. The minimum atomic E-state index is -0.330. The van der Waals surface area contributed by atoms with Crippen LogP contribution in [0.3, 0.4) is 0 Å². The van der Waals surface area contributed by atoms with Gasteiger partial charge in [-0.25, -0.2) is 18.6 Å². The number of piperidine rings is 1. The van der Waals surface area contributed by atoms with Gasteiger partial charge < -0.3 is 4.90 Å². The molecule has 0 amide bonds. The van der Waals surface area contributed by atoms with Crippen LogP contribution in [0.25, 0.3) is 27.7 Å². The number of alkyl halides is 1. The first-order valence-corrected chi connectivity index (χ1v) is 10.7. The van der Waals surface area contributed by atoms with E-state index in [2.05, 4.69) is 20.1 Å². The highest BCUT2D eigenvalue weighted by molar-refractivity contribution is 5.85. The second-order valence-electron chi connectivity index (χ2n) is 8.32. The van der Waals surface area contributed by atoms with Gasteiger partial charge in [0.2, 0.25) is 0 Å². The first-order chi connectivity index (χ1) is 15.0. The highest BCUT2D eigenvalue weighted by atomic mass is 19.1. The van der Waals surface area contributed by atoms with Crippen LogP contribution >= 0.6 is 0 Å². The summed E-state index contributed by atoms with van der Waals surface area (Å²) in [4.78, 5) is 19.7. The minimum Gasteiger partial charge on any atom is -0.301 e. The fourth-order valence-electron chi connectivity index (χ4n) is 4.48. The molecule has 4 heterocycles. The minimum absolute atomic E-state index is 0.0589. The lowest BCUT2D eigenvalue weighted by molar-refractivity contribution is 0.167. The number of benzene rings is 1. The van der Waals surface area contributed by atoms with Gasteiger partial charge in [0.15, 0.2) is 5.65 Å². The molecule has 7 nitrogen and oxygen atoms in total. The number of fused-ring (bicyclic) bond motifs is 2. The van der Waals surface area contributed by atoms with E-state index in [4.69, 9.17) is 0 Å². The number of likely N-dealkylation sites (tertiary alicyclic amines) is 1. The van der Waals surface area contributed by atoms with E-state index in [1.165, 1.54) is 0 Å². The maximum atomic E-state index is 13.1. The van der Waals surface area contributed by atoms with Gasteiger partial charge in [-0.2, -0.15) is 10.2 Å². The summed E-state index contributed by atoms with van der Waals surface area (Å²) in [6, 6.07) is 7.85. The molecule has 1 aliphatic rings. The maximum Gasteiger partial charge on any atom is 0.274 e. The number of nitrogens with zero attached hydrogens (tertiary/aromatic N) is 6. The summed E-state index contributed by atoms with van der Waals surface area (Å²) in [6.45, 7) is 5.69. The number of aryl methyl sites for hydroxylation is 2. The average molecular weight is 420 g/mol. The van der Waals surface area contributed by atoms with Crippen LogP contribution in [0, 0.1) is 13.8 Å². The lowest BCUT2D eigenvalue weighted by Crippen LogP contribution is -2.39. The predicted molar refractivity (Wildman–Crippen MR) is 118 cm³/mol. The molecule has 0 N–H and O–H groups in total. The van der Waals surface area contributed by atoms with Gasteiger partial charge in [-0.3, -0.25) is 4.79 Å². The number of aromatic nitrogens is 5. The molecule has 31 heavy (non-hydrogen) atoms. The van der Waals surface area contributed by atoms with Crippen LogP contribution in [-0.2, 0) is 0 Å². The molecule has 0 spiro atoms. The zero-order valence-electron chi connectivity index (χ0n) is 17.8. The molecule has 1 fully saturated rings. The van der Waals surface area contributed by atoms with E-state index in [0.29, 0.717) is 11.9 Å². The summed E-state index contributed by atoms with van der Waals surface area (Å²) >= 11 is 0. The number of rotatable bonds is 4. The van der Waals surface area contributed by atoms with Crippen LogP contribution in [0.15, 0.2) is 41.5 Å². The number of hydrogen-bond acceptors (Lipinski definition) is 5. The second kappa shape index (κ2) is 7.85. The standard InChI is InChI=1S/C23H25FN6O/c1-15-11-21(27-29-14-16(2)26-22(15)29)17-3-4-20-18(12-17)13-25-30(23(20)31)19-5-8-28(9-6-19)10-7-24/h3-4,11-14,19H,5-10H2,1-2H3. The lowest BCUT2D eigenvalue weighted by Gasteiger charge is -2.31. The van der Waals surface area contributed by atoms with Crippen molar-refractivity contribution >= 4 is 16.4 Å². The first-order valence-electron chi connectivity index (χ1n) is 10.7. The summed E-state index contributed by atoms with van der Waals surface area (Å²) in [5.41, 5.74) is 4.51. The van der Waals surface area contributed by atoms with Crippen LogP contribution in [0.4, 0.5) is 4.39 Å². The Labute approximate surface area is 179 Å². The smallest absolute Gasteiger partial charge is 0.274 e. The number of imidazole rings is 1. The van der Waals surface area contributed by atoms with Crippen molar-refractivity contribution in [1.82, 2.24) is 29.3 Å². The summed E-state index contributed by atoms with van der Waals surface area (Å²) in [7, 11) is 0. The zero-order chi connectivity index (χ0) is 21.5. The summed E-state index contributed by atoms with van der Waals surface area (Å²) in [6.07, 6.45) is 5.29. The molecule has 0 aliphatic carbocycles. The average Bonchev–Trinajstić information content (AvgIpc) is 3.16. The molecule has 4 aromatic rings. The monoisotopic (exact) mass is 420 g/mol. The van der Waals surface area contributed by atoms with E-state index < -0.39 is 0 Å². The van der Waals surface area contributed by atoms with E-state index in [0.717, 1.165) is 59.5 Å². The van der Waals surface area contributed by atoms with Crippen LogP contribution < -0.4 is 5.56 Å². The Balaban J connectivity index is 1.48. The summed E-state index contributed by atoms with van der Waals surface area (Å²) < 4.78 is 16.0. The molecule has 0 bridgehead atoms. The molecule has 8 heteroatoms. The Morgan fingerprint density at radius 1 is 1.16 bits per heavy atom. The van der Waals surface area contributed by atoms with Gasteiger partial charge in [-0.05, 0) is 50.5 Å². The van der Waals surface area contributed by atoms with Crippen LogP contribution in [0.5, 0.6) is 0 Å². The van der Waals surface area contributed by atoms with Crippen molar-refractivity contribution in [3.8, 4) is 11.3 Å². The molecule has 0 unspecified atom stereocenters. The summed E-state index contributed by atoms with van der Waals surface area (Å²) in [5.74, 6) is 0. The quantitative estimate of drug-likeness (QED) is 0.507. The maximum absolute atomic E-state index is 13.1. The van der Waals surface area contributed by atoms with Crippen molar-refractivity contribution in [2.24, 2.45) is 0 Å². The van der Waals surface area contributed by atoms with Gasteiger partial charge in [0, 0.05) is 30.6 Å². The second-order valence-corrected chi connectivity index (χ2v) is 8.32. The molecule has 0 saturated carbocycles. The van der Waals surface area contributed by atoms with Gasteiger partial charge in [0.05, 0.1) is 35.2 Å². The molecule has 5 rings (SSSR count). The fraction of sp³-hybridized carbons (Fsp3) is 0.391. The van der Waals surface area contributed by atoms with E-state index >= 15 is 0 Å². The SMILES string of the molecule is Cc1cn2nc(-c3ccc4c(=O)n(C5CCN(CCF)CC5)ncc4c3)cc(C)c2n1. The molecular weight excluding hydrogens is 395 g/mol. The normalized spacial score (nSPS) is 15.8. The Kier molecular flexibility index (Phi) is 5.02. The van der Waals surface area contributed by atoms with Crippen molar-refractivity contribution in [2.45, 2.75) is 32.7 Å². The van der Waals surface area contributed by atoms with Crippen LogP contribution in [0.1, 0.15) is 30.1 Å². The largest absolute Gasteiger partial charge is 0.301 e. The number of halogens is 1. The van der Waals surface area contributed by atoms with Crippen molar-refractivity contribution in [3.05, 3.63) is 58.3 Å². The highest BCUT2D eigenvalue weighted by Gasteiger charge is 2.22. The van der Waals surface area contributed by atoms with Crippen molar-refractivity contribution < 1.29 is 4.39 Å². The van der Waals surface area contributed by atoms with Gasteiger partial charge >= 0.3 is 0 Å². The van der Waals surface area contributed by atoms with Gasteiger partial charge in [-0.15, -0.1) is 0 Å². The van der Waals surface area contributed by atoms with E-state index in [9.17, 15) is 9.18 Å². The fourth-order valence-corrected chi connectivity index (χ4v) is 4.48. The van der Waals surface area contributed by atoms with Crippen molar-refractivity contribution in [3.63, 3.8) is 0 Å². The van der Waals surface area contributed by atoms with E-state index in [1.807, 2.05) is 44.3 Å². The van der Waals surface area contributed by atoms with Gasteiger partial charge in [-0.1, -0.05) is 6.07 Å². The van der Waals surface area contributed by atoms with Gasteiger partial charge in [0.25, 0.3) is 5.56 Å². The Hall–Kier alpha value is -3.13. The van der Waals surface area contributed by atoms with E-state index in [1.54, 1.807) is 15.4 Å². The topological polar surface area (TPSA) is 68.3 Å². The van der Waals surface area contributed by atoms with Gasteiger partial charge in [0.1, 0.15) is 6.67 Å². The number of hydrogen-bond donors (Lipinski definition) is 0. The van der Waals surface area contributed by atoms with Crippen LogP contribution in [0.2, 0.25) is 0 Å². The molecule has 160 valence electrons. The first kappa shape index (κ1) is 19.8. The van der Waals surface area contributed by atoms with Crippen molar-refractivity contribution in [2.75, 3.05) is 26.3 Å². The molecule has 1 aliphatic heterocycles. The third kappa shape index (κ3) is 3.61. The van der Waals surface area contributed by atoms with E-state index in [-0.39, 0.29) is 18.3 Å². The third-order valence-electron chi connectivity index (χ3n) is 6.14. The third-order valence-corrected chi connectivity index (χ3v) is 6.14. The van der Waals surface area contributed by atoms with Crippen molar-refractivity contribution in [1.29, 1.82) is 0 Å². The lowest BCUT2D eigenvalue weighted by atomic mass is 10.0. The Bertz CT molecular complexity index is 1320. The molecule has 1 aromatic carbocycles. The molecular formula is C23H25FN6O. The Morgan fingerprint density at radius 2 is 1.97 bits per heavy atom. The van der Waals surface area contributed by atoms with Crippen LogP contribution in [-0.4, -0.2) is 55.6 Å². The molecule has 0 radical (unpaired) electrons. The zero-order valence-corrected chi connectivity index (χ0v) is 17.8. The predicted octanol–water partition coefficient (Wildman–Crippen LogP) is 3.33.